The van der Waals surface area contributed by atoms with Crippen LogP contribution in [0.5, 0.6) is 5.75 Å². The molecule has 0 saturated carbocycles. The van der Waals surface area contributed by atoms with Gasteiger partial charge in [0.05, 0.1) is 17.6 Å². The molecule has 1 rings (SSSR count). The number of nitrogens with zero attached hydrogens (tertiary/aromatic N) is 1. The molecule has 0 bridgehead atoms. The molecule has 0 amide bonds. The lowest BCUT2D eigenvalue weighted by atomic mass is 10.2. The molecule has 0 atom stereocenters. The SMILES string of the molecule is CCOc1cc([N+](=O)[O-])ccc1CBr. The van der Waals surface area contributed by atoms with E-state index in [2.05, 4.69) is 15.9 Å². The first kappa shape index (κ1) is 11.0. The van der Waals surface area contributed by atoms with Gasteiger partial charge in [-0.2, -0.15) is 0 Å². The highest BCUT2D eigenvalue weighted by Gasteiger charge is 2.10. The number of non-ortho nitro benzene ring substituents is 1. The third-order valence-electron chi connectivity index (χ3n) is 1.71. The normalized spacial score (nSPS) is 9.86. The summed E-state index contributed by atoms with van der Waals surface area (Å²) in [5, 5.41) is 11.1. The summed E-state index contributed by atoms with van der Waals surface area (Å²) in [4.78, 5) is 10.1. The van der Waals surface area contributed by atoms with Gasteiger partial charge in [-0.1, -0.05) is 15.9 Å². The quantitative estimate of drug-likeness (QED) is 0.475. The molecule has 0 radical (unpaired) electrons. The Morgan fingerprint density at radius 3 is 2.79 bits per heavy atom. The van der Waals surface area contributed by atoms with Crippen LogP contribution in [-0.2, 0) is 5.33 Å². The van der Waals surface area contributed by atoms with Gasteiger partial charge in [0.25, 0.3) is 5.69 Å². The molecule has 0 spiro atoms. The van der Waals surface area contributed by atoms with E-state index in [9.17, 15) is 10.1 Å². The maximum absolute atomic E-state index is 10.5. The van der Waals surface area contributed by atoms with E-state index in [0.29, 0.717) is 17.7 Å². The van der Waals surface area contributed by atoms with Crippen molar-refractivity contribution < 1.29 is 9.66 Å². The smallest absolute Gasteiger partial charge is 0.273 e. The van der Waals surface area contributed by atoms with Crippen molar-refractivity contribution in [2.24, 2.45) is 0 Å². The van der Waals surface area contributed by atoms with Crippen LogP contribution < -0.4 is 4.74 Å². The number of nitro benzene ring substituents is 1. The number of alkyl halides is 1. The van der Waals surface area contributed by atoms with E-state index in [1.165, 1.54) is 12.1 Å². The van der Waals surface area contributed by atoms with E-state index >= 15 is 0 Å². The highest BCUT2D eigenvalue weighted by atomic mass is 79.9. The van der Waals surface area contributed by atoms with Crippen molar-refractivity contribution in [2.45, 2.75) is 12.3 Å². The van der Waals surface area contributed by atoms with Crippen LogP contribution in [0.1, 0.15) is 12.5 Å². The van der Waals surface area contributed by atoms with Crippen LogP contribution in [0.4, 0.5) is 5.69 Å². The molecule has 76 valence electrons. The van der Waals surface area contributed by atoms with E-state index in [-0.39, 0.29) is 5.69 Å². The second-order valence-corrected chi connectivity index (χ2v) is 3.18. The molecule has 0 heterocycles. The largest absolute Gasteiger partial charge is 0.493 e. The lowest BCUT2D eigenvalue weighted by Gasteiger charge is -2.07. The average molecular weight is 260 g/mol. The number of benzene rings is 1. The minimum absolute atomic E-state index is 0.0538. The zero-order chi connectivity index (χ0) is 10.6. The summed E-state index contributed by atoms with van der Waals surface area (Å²) in [6.07, 6.45) is 0. The molecule has 0 aromatic heterocycles. The maximum atomic E-state index is 10.5. The topological polar surface area (TPSA) is 52.4 Å². The standard InChI is InChI=1S/C9H10BrNO3/c1-2-14-9-5-8(11(12)13)4-3-7(9)6-10/h3-5H,2,6H2,1H3. The molecule has 1 aromatic carbocycles. The number of nitro groups is 1. The molecule has 14 heavy (non-hydrogen) atoms. The van der Waals surface area contributed by atoms with Crippen LogP contribution in [0.15, 0.2) is 18.2 Å². The molecule has 1 aromatic rings. The Morgan fingerprint density at radius 1 is 1.57 bits per heavy atom. The van der Waals surface area contributed by atoms with Crippen molar-refractivity contribution in [1.82, 2.24) is 0 Å². The number of hydrogen-bond donors (Lipinski definition) is 0. The Balaban J connectivity index is 3.07. The summed E-state index contributed by atoms with van der Waals surface area (Å²) in [6, 6.07) is 4.61. The minimum atomic E-state index is -0.430. The average Bonchev–Trinajstić information content (AvgIpc) is 2.18. The Kier molecular flexibility index (Phi) is 3.88. The van der Waals surface area contributed by atoms with Gasteiger partial charge < -0.3 is 4.74 Å². The lowest BCUT2D eigenvalue weighted by molar-refractivity contribution is -0.384. The third kappa shape index (κ3) is 2.45. The van der Waals surface area contributed by atoms with E-state index in [1.807, 2.05) is 6.92 Å². The third-order valence-corrected chi connectivity index (χ3v) is 2.31. The lowest BCUT2D eigenvalue weighted by Crippen LogP contribution is -1.97. The second kappa shape index (κ2) is 4.95. The van der Waals surface area contributed by atoms with Gasteiger partial charge in [0, 0.05) is 17.0 Å². The highest BCUT2D eigenvalue weighted by Crippen LogP contribution is 2.26. The predicted molar refractivity (Wildman–Crippen MR) is 56.9 cm³/mol. The number of hydrogen-bond acceptors (Lipinski definition) is 3. The first-order chi connectivity index (χ1) is 6.69. The number of halogens is 1. The molecule has 0 saturated heterocycles. The van der Waals surface area contributed by atoms with E-state index in [0.717, 1.165) is 5.56 Å². The van der Waals surface area contributed by atoms with E-state index in [4.69, 9.17) is 4.74 Å². The van der Waals surface area contributed by atoms with Gasteiger partial charge in [0.1, 0.15) is 5.75 Å². The molecule has 0 aliphatic rings. The zero-order valence-electron chi connectivity index (χ0n) is 7.70. The fraction of sp³-hybridized carbons (Fsp3) is 0.333. The molecule has 0 aliphatic carbocycles. The fourth-order valence-corrected chi connectivity index (χ4v) is 1.52. The summed E-state index contributed by atoms with van der Waals surface area (Å²) < 4.78 is 5.28. The van der Waals surface area contributed by atoms with Crippen LogP contribution in [0.2, 0.25) is 0 Å². The van der Waals surface area contributed by atoms with Gasteiger partial charge in [-0.3, -0.25) is 10.1 Å². The van der Waals surface area contributed by atoms with Crippen LogP contribution in [-0.4, -0.2) is 11.5 Å². The molecule has 0 fully saturated rings. The Labute approximate surface area is 90.2 Å². The fourth-order valence-electron chi connectivity index (χ4n) is 1.06. The van der Waals surface area contributed by atoms with Crippen molar-refractivity contribution in [3.8, 4) is 5.75 Å². The van der Waals surface area contributed by atoms with Crippen LogP contribution >= 0.6 is 15.9 Å². The summed E-state index contributed by atoms with van der Waals surface area (Å²) in [7, 11) is 0. The highest BCUT2D eigenvalue weighted by molar-refractivity contribution is 9.08. The summed E-state index contributed by atoms with van der Waals surface area (Å²) in [5.74, 6) is 0.568. The van der Waals surface area contributed by atoms with Crippen molar-refractivity contribution in [3.05, 3.63) is 33.9 Å². The van der Waals surface area contributed by atoms with E-state index < -0.39 is 4.92 Å². The number of ether oxygens (including phenoxy) is 1. The van der Waals surface area contributed by atoms with Crippen LogP contribution in [0.3, 0.4) is 0 Å². The Morgan fingerprint density at radius 2 is 2.29 bits per heavy atom. The molecule has 5 heteroatoms. The van der Waals surface area contributed by atoms with Gasteiger partial charge in [0.2, 0.25) is 0 Å². The van der Waals surface area contributed by atoms with Crippen molar-refractivity contribution in [3.63, 3.8) is 0 Å². The zero-order valence-corrected chi connectivity index (χ0v) is 9.28. The van der Waals surface area contributed by atoms with Gasteiger partial charge in [-0.25, -0.2) is 0 Å². The molecule has 0 N–H and O–H groups in total. The first-order valence-electron chi connectivity index (χ1n) is 4.15. The second-order valence-electron chi connectivity index (χ2n) is 2.62. The molecular weight excluding hydrogens is 250 g/mol. The van der Waals surface area contributed by atoms with Gasteiger partial charge in [0.15, 0.2) is 0 Å². The van der Waals surface area contributed by atoms with Crippen molar-refractivity contribution in [1.29, 1.82) is 0 Å². The Bertz CT molecular complexity index is 341. The van der Waals surface area contributed by atoms with Gasteiger partial charge in [-0.15, -0.1) is 0 Å². The summed E-state index contributed by atoms with van der Waals surface area (Å²) >= 11 is 3.29. The van der Waals surface area contributed by atoms with Crippen molar-refractivity contribution in [2.75, 3.05) is 6.61 Å². The predicted octanol–water partition coefficient (Wildman–Crippen LogP) is 2.89. The summed E-state index contributed by atoms with van der Waals surface area (Å²) in [6.45, 7) is 2.35. The van der Waals surface area contributed by atoms with E-state index in [1.54, 1.807) is 6.07 Å². The monoisotopic (exact) mass is 259 g/mol. The van der Waals surface area contributed by atoms with Crippen molar-refractivity contribution >= 4 is 21.6 Å². The van der Waals surface area contributed by atoms with Gasteiger partial charge >= 0.3 is 0 Å². The first-order valence-corrected chi connectivity index (χ1v) is 5.27. The van der Waals surface area contributed by atoms with Crippen LogP contribution in [0, 0.1) is 10.1 Å². The summed E-state index contributed by atoms with van der Waals surface area (Å²) in [5.41, 5.74) is 0.968. The van der Waals surface area contributed by atoms with Crippen LogP contribution in [0.25, 0.3) is 0 Å². The Hall–Kier alpha value is -1.10. The number of rotatable bonds is 4. The molecule has 4 nitrogen and oxygen atoms in total. The maximum Gasteiger partial charge on any atom is 0.273 e. The molecule has 0 unspecified atom stereocenters. The minimum Gasteiger partial charge on any atom is -0.493 e. The molecular formula is C9H10BrNO3. The van der Waals surface area contributed by atoms with Gasteiger partial charge in [-0.05, 0) is 13.0 Å². The molecule has 0 aliphatic heterocycles.